The number of nitrogens with one attached hydrogen (secondary N) is 1. The van der Waals surface area contributed by atoms with E-state index in [4.69, 9.17) is 4.74 Å². The zero-order valence-corrected chi connectivity index (χ0v) is 21.6. The Hall–Kier alpha value is -3.46. The van der Waals surface area contributed by atoms with Crippen LogP contribution in [0.4, 0.5) is 4.79 Å². The number of ketones is 1. The molecule has 2 aromatic rings. The number of carboxylic acid groups (broad SMARTS) is 1. The van der Waals surface area contributed by atoms with E-state index in [1.165, 1.54) is 0 Å². The molecule has 2 N–H and O–H groups in total. The molecule has 200 valence electrons. The minimum Gasteiger partial charge on any atom is -0.494 e. The number of Topliss-reactive ketones (excluding diaryl/α,β-unsaturated/α-hetero) is 1. The first kappa shape index (κ1) is 28.1. The van der Waals surface area contributed by atoms with Gasteiger partial charge in [0.05, 0.1) is 6.61 Å². The molecule has 0 spiro atoms. The van der Waals surface area contributed by atoms with Crippen LogP contribution in [0.15, 0.2) is 48.8 Å². The number of aromatic nitrogens is 1. The number of nitrogens with zero attached hydrogens (tertiary/aromatic N) is 3. The third kappa shape index (κ3) is 9.49. The molecule has 2 amide bonds. The number of ether oxygens (including phenoxy) is 1. The number of unbranched alkanes of at least 4 members (excludes halogenated alkanes) is 2. The van der Waals surface area contributed by atoms with Gasteiger partial charge in [-0.15, -0.1) is 0 Å². The molecule has 1 aromatic carbocycles. The lowest BCUT2D eigenvalue weighted by Crippen LogP contribution is -2.55. The van der Waals surface area contributed by atoms with Gasteiger partial charge in [-0.3, -0.25) is 19.5 Å². The smallest absolute Gasteiger partial charge is 0.405 e. The number of pyridine rings is 1. The molecule has 1 aliphatic rings. The second-order valence-electron chi connectivity index (χ2n) is 9.34. The van der Waals surface area contributed by atoms with Crippen molar-refractivity contribution in [1.29, 1.82) is 0 Å². The Morgan fingerprint density at radius 3 is 2.35 bits per heavy atom. The van der Waals surface area contributed by atoms with Gasteiger partial charge >= 0.3 is 6.09 Å². The molecule has 2 heterocycles. The second-order valence-corrected chi connectivity index (χ2v) is 9.34. The Kier molecular flexibility index (Phi) is 11.4. The molecule has 1 fully saturated rings. The van der Waals surface area contributed by atoms with Gasteiger partial charge in [0.1, 0.15) is 11.8 Å². The topological polar surface area (TPSA) is 112 Å². The van der Waals surface area contributed by atoms with Crippen LogP contribution < -0.4 is 10.1 Å². The summed E-state index contributed by atoms with van der Waals surface area (Å²) in [6, 6.07) is 10.1. The average molecular weight is 511 g/mol. The molecule has 3 rings (SSSR count). The molecule has 1 saturated heterocycles. The molecule has 1 aliphatic heterocycles. The van der Waals surface area contributed by atoms with Crippen LogP contribution in [0.5, 0.6) is 5.75 Å². The van der Waals surface area contributed by atoms with Crippen molar-refractivity contribution in [3.8, 4) is 5.75 Å². The minimum atomic E-state index is -1.21. The van der Waals surface area contributed by atoms with Gasteiger partial charge in [0.25, 0.3) is 0 Å². The number of carbonyl (C=O) groups is 3. The van der Waals surface area contributed by atoms with Gasteiger partial charge in [-0.2, -0.15) is 0 Å². The first-order chi connectivity index (χ1) is 18.0. The lowest BCUT2D eigenvalue weighted by atomic mass is 10.0. The summed E-state index contributed by atoms with van der Waals surface area (Å²) >= 11 is 0. The van der Waals surface area contributed by atoms with Crippen molar-refractivity contribution in [2.24, 2.45) is 0 Å². The quantitative estimate of drug-likeness (QED) is 0.295. The number of piperazine rings is 1. The maximum atomic E-state index is 13.0. The number of hydrogen-bond acceptors (Lipinski definition) is 6. The summed E-state index contributed by atoms with van der Waals surface area (Å²) in [5.74, 6) is 0.737. The van der Waals surface area contributed by atoms with Gasteiger partial charge in [0, 0.05) is 63.5 Å². The van der Waals surface area contributed by atoms with Gasteiger partial charge < -0.3 is 20.1 Å². The van der Waals surface area contributed by atoms with Crippen molar-refractivity contribution in [2.45, 2.75) is 51.5 Å². The predicted octanol–water partition coefficient (Wildman–Crippen LogP) is 3.64. The van der Waals surface area contributed by atoms with E-state index in [9.17, 15) is 19.5 Å². The number of hydrogen-bond donors (Lipinski definition) is 2. The standard InChI is InChI=1S/C28H38N4O5/c1-2-3-4-6-26(33)23-7-9-24(10-8-23)37-20-5-15-31-16-18-32(19-17-31)27(34)25(30-28(35)36)21-22-11-13-29-14-12-22/h7-14,25,30H,2-6,15-21H2,1H3,(H,35,36)/t25-/m0/s1. The van der Waals surface area contributed by atoms with Crippen LogP contribution in [-0.4, -0.2) is 83.0 Å². The van der Waals surface area contributed by atoms with Crippen LogP contribution in [0.25, 0.3) is 0 Å². The summed E-state index contributed by atoms with van der Waals surface area (Å²) in [5.41, 5.74) is 1.59. The van der Waals surface area contributed by atoms with E-state index in [1.807, 2.05) is 24.3 Å². The third-order valence-electron chi connectivity index (χ3n) is 6.54. The van der Waals surface area contributed by atoms with Crippen LogP contribution in [0.1, 0.15) is 54.9 Å². The van der Waals surface area contributed by atoms with Crippen LogP contribution in [0.2, 0.25) is 0 Å². The van der Waals surface area contributed by atoms with E-state index >= 15 is 0 Å². The van der Waals surface area contributed by atoms with Crippen LogP contribution in [0, 0.1) is 0 Å². The molecule has 1 atom stereocenters. The number of benzene rings is 1. The van der Waals surface area contributed by atoms with Crippen LogP contribution in [-0.2, 0) is 11.2 Å². The molecule has 9 nitrogen and oxygen atoms in total. The van der Waals surface area contributed by atoms with Crippen molar-refractivity contribution >= 4 is 17.8 Å². The van der Waals surface area contributed by atoms with Crippen molar-refractivity contribution in [2.75, 3.05) is 39.3 Å². The van der Waals surface area contributed by atoms with E-state index in [2.05, 4.69) is 22.1 Å². The lowest BCUT2D eigenvalue weighted by molar-refractivity contribution is -0.135. The largest absolute Gasteiger partial charge is 0.494 e. The first-order valence-corrected chi connectivity index (χ1v) is 13.1. The Balaban J connectivity index is 1.36. The molecule has 1 aromatic heterocycles. The Morgan fingerprint density at radius 1 is 1.00 bits per heavy atom. The molecule has 0 aliphatic carbocycles. The van der Waals surface area contributed by atoms with Gasteiger partial charge in [-0.1, -0.05) is 19.8 Å². The Labute approximate surface area is 218 Å². The molecule has 0 unspecified atom stereocenters. The molecular weight excluding hydrogens is 472 g/mol. The normalized spacial score (nSPS) is 14.7. The molecule has 0 radical (unpaired) electrons. The van der Waals surface area contributed by atoms with E-state index in [-0.39, 0.29) is 11.7 Å². The van der Waals surface area contributed by atoms with E-state index in [0.29, 0.717) is 32.5 Å². The fraction of sp³-hybridized carbons (Fsp3) is 0.500. The fourth-order valence-corrected chi connectivity index (χ4v) is 4.41. The number of rotatable bonds is 14. The minimum absolute atomic E-state index is 0.181. The monoisotopic (exact) mass is 510 g/mol. The summed E-state index contributed by atoms with van der Waals surface area (Å²) < 4.78 is 5.84. The highest BCUT2D eigenvalue weighted by molar-refractivity contribution is 5.96. The Bertz CT molecular complexity index is 991. The van der Waals surface area contributed by atoms with Crippen molar-refractivity contribution in [3.63, 3.8) is 0 Å². The van der Waals surface area contributed by atoms with Gasteiger partial charge in [-0.05, 0) is 54.8 Å². The van der Waals surface area contributed by atoms with Gasteiger partial charge in [-0.25, -0.2) is 4.79 Å². The molecule has 37 heavy (non-hydrogen) atoms. The first-order valence-electron chi connectivity index (χ1n) is 13.1. The second kappa shape index (κ2) is 14.9. The molecule has 9 heteroatoms. The van der Waals surface area contributed by atoms with E-state index < -0.39 is 12.1 Å². The number of amides is 2. The average Bonchev–Trinajstić information content (AvgIpc) is 2.91. The predicted molar refractivity (Wildman–Crippen MR) is 141 cm³/mol. The highest BCUT2D eigenvalue weighted by atomic mass is 16.5. The van der Waals surface area contributed by atoms with E-state index in [1.54, 1.807) is 29.4 Å². The van der Waals surface area contributed by atoms with Gasteiger partial charge in [0.2, 0.25) is 5.91 Å². The number of carbonyl (C=O) groups excluding carboxylic acids is 2. The fourth-order valence-electron chi connectivity index (χ4n) is 4.41. The summed E-state index contributed by atoms with van der Waals surface area (Å²) in [5, 5.41) is 11.6. The van der Waals surface area contributed by atoms with Crippen molar-refractivity contribution in [3.05, 3.63) is 59.9 Å². The SMILES string of the molecule is CCCCCC(=O)c1ccc(OCCCN2CCN(C(=O)[C@H](Cc3ccncc3)NC(=O)O)CC2)cc1. The zero-order chi connectivity index (χ0) is 26.5. The summed E-state index contributed by atoms with van der Waals surface area (Å²) in [4.78, 5) is 44.5. The van der Waals surface area contributed by atoms with Crippen LogP contribution >= 0.6 is 0 Å². The highest BCUT2D eigenvalue weighted by Gasteiger charge is 2.28. The highest BCUT2D eigenvalue weighted by Crippen LogP contribution is 2.15. The zero-order valence-electron chi connectivity index (χ0n) is 21.6. The van der Waals surface area contributed by atoms with Crippen LogP contribution in [0.3, 0.4) is 0 Å². The summed E-state index contributed by atoms with van der Waals surface area (Å²) in [6.07, 6.45) is 6.89. The molecule has 0 saturated carbocycles. The van der Waals surface area contributed by atoms with Crippen molar-refractivity contribution < 1.29 is 24.2 Å². The Morgan fingerprint density at radius 2 is 1.70 bits per heavy atom. The van der Waals surface area contributed by atoms with E-state index in [0.717, 1.165) is 62.2 Å². The maximum absolute atomic E-state index is 13.0. The molecule has 0 bridgehead atoms. The third-order valence-corrected chi connectivity index (χ3v) is 6.54. The summed E-state index contributed by atoms with van der Waals surface area (Å²) in [6.45, 7) is 6.12. The summed E-state index contributed by atoms with van der Waals surface area (Å²) in [7, 11) is 0. The molecular formula is C28H38N4O5. The van der Waals surface area contributed by atoms with Crippen molar-refractivity contribution in [1.82, 2.24) is 20.1 Å². The van der Waals surface area contributed by atoms with Gasteiger partial charge in [0.15, 0.2) is 5.78 Å². The lowest BCUT2D eigenvalue weighted by Gasteiger charge is -2.36. The maximum Gasteiger partial charge on any atom is 0.405 e.